The Bertz CT molecular complexity index is 829. The summed E-state index contributed by atoms with van der Waals surface area (Å²) in [5.41, 5.74) is 1.62. The van der Waals surface area contributed by atoms with Crippen LogP contribution in [-0.4, -0.2) is 20.5 Å². The van der Waals surface area contributed by atoms with Crippen molar-refractivity contribution in [2.45, 2.75) is 0 Å². The van der Waals surface area contributed by atoms with Crippen LogP contribution in [0, 0.1) is 5.82 Å². The highest BCUT2D eigenvalue weighted by atomic mass is 35.5. The number of rotatable bonds is 2. The SMILES string of the molecule is O=C(O)c1cccc2nc(-c3ccc(F)cc3Cl)cn12. The van der Waals surface area contributed by atoms with Gasteiger partial charge < -0.3 is 5.11 Å². The first kappa shape index (κ1) is 12.6. The fourth-order valence-electron chi connectivity index (χ4n) is 2.01. The predicted octanol–water partition coefficient (Wildman–Crippen LogP) is 3.49. The van der Waals surface area contributed by atoms with Gasteiger partial charge in [0.2, 0.25) is 0 Å². The molecule has 2 aromatic heterocycles. The molecule has 0 aliphatic rings. The Labute approximate surface area is 118 Å². The number of imidazole rings is 1. The molecule has 2 heterocycles. The molecule has 3 aromatic rings. The first-order valence-electron chi connectivity index (χ1n) is 5.73. The Morgan fingerprint density at radius 2 is 2.10 bits per heavy atom. The highest BCUT2D eigenvalue weighted by molar-refractivity contribution is 6.33. The van der Waals surface area contributed by atoms with Crippen LogP contribution in [0.2, 0.25) is 5.02 Å². The van der Waals surface area contributed by atoms with Crippen LogP contribution in [0.1, 0.15) is 10.5 Å². The molecule has 0 saturated heterocycles. The van der Waals surface area contributed by atoms with Gasteiger partial charge in [-0.05, 0) is 30.3 Å². The number of fused-ring (bicyclic) bond motifs is 1. The summed E-state index contributed by atoms with van der Waals surface area (Å²) in [5, 5.41) is 9.36. The minimum Gasteiger partial charge on any atom is -0.477 e. The van der Waals surface area contributed by atoms with Crippen LogP contribution in [0.3, 0.4) is 0 Å². The highest BCUT2D eigenvalue weighted by Crippen LogP contribution is 2.28. The van der Waals surface area contributed by atoms with E-state index in [0.29, 0.717) is 16.9 Å². The van der Waals surface area contributed by atoms with Crippen LogP contribution in [-0.2, 0) is 0 Å². The summed E-state index contributed by atoms with van der Waals surface area (Å²) in [6, 6.07) is 8.77. The first-order valence-corrected chi connectivity index (χ1v) is 6.11. The summed E-state index contributed by atoms with van der Waals surface area (Å²) in [6.07, 6.45) is 1.57. The minimum absolute atomic E-state index is 0.0967. The van der Waals surface area contributed by atoms with E-state index in [9.17, 15) is 9.18 Å². The summed E-state index contributed by atoms with van der Waals surface area (Å²) in [6.45, 7) is 0. The lowest BCUT2D eigenvalue weighted by molar-refractivity contribution is 0.0689. The van der Waals surface area contributed by atoms with Crippen molar-refractivity contribution in [3.63, 3.8) is 0 Å². The van der Waals surface area contributed by atoms with Gasteiger partial charge >= 0.3 is 5.97 Å². The number of carboxylic acids is 1. The van der Waals surface area contributed by atoms with Crippen molar-refractivity contribution in [1.82, 2.24) is 9.38 Å². The molecule has 0 radical (unpaired) electrons. The molecule has 3 rings (SSSR count). The minimum atomic E-state index is -1.05. The molecule has 6 heteroatoms. The van der Waals surface area contributed by atoms with Gasteiger partial charge in [-0.25, -0.2) is 14.2 Å². The third-order valence-corrected chi connectivity index (χ3v) is 3.23. The van der Waals surface area contributed by atoms with Crippen molar-refractivity contribution in [3.05, 3.63) is 59.1 Å². The molecule has 20 heavy (non-hydrogen) atoms. The van der Waals surface area contributed by atoms with Crippen molar-refractivity contribution in [2.75, 3.05) is 0 Å². The number of carbonyl (C=O) groups is 1. The van der Waals surface area contributed by atoms with E-state index < -0.39 is 11.8 Å². The number of halogens is 2. The molecule has 0 aliphatic heterocycles. The van der Waals surface area contributed by atoms with E-state index >= 15 is 0 Å². The van der Waals surface area contributed by atoms with Crippen molar-refractivity contribution in [2.24, 2.45) is 0 Å². The number of nitrogens with zero attached hydrogens (tertiary/aromatic N) is 2. The Balaban J connectivity index is 2.23. The molecule has 0 amide bonds. The van der Waals surface area contributed by atoms with E-state index in [1.807, 2.05) is 0 Å². The lowest BCUT2D eigenvalue weighted by atomic mass is 10.2. The molecule has 0 saturated carbocycles. The zero-order valence-corrected chi connectivity index (χ0v) is 10.8. The third kappa shape index (κ3) is 2.02. The van der Waals surface area contributed by atoms with Crippen LogP contribution in [0.5, 0.6) is 0 Å². The molecular formula is C14H8ClFN2O2. The van der Waals surface area contributed by atoms with Crippen LogP contribution in [0.25, 0.3) is 16.9 Å². The van der Waals surface area contributed by atoms with Gasteiger partial charge in [-0.15, -0.1) is 0 Å². The molecule has 1 aromatic carbocycles. The van der Waals surface area contributed by atoms with E-state index in [1.165, 1.54) is 28.7 Å². The van der Waals surface area contributed by atoms with Gasteiger partial charge in [0.05, 0.1) is 10.7 Å². The zero-order valence-electron chi connectivity index (χ0n) is 10.0. The monoisotopic (exact) mass is 290 g/mol. The van der Waals surface area contributed by atoms with Crippen LogP contribution in [0.4, 0.5) is 4.39 Å². The van der Waals surface area contributed by atoms with Gasteiger partial charge in [0.25, 0.3) is 0 Å². The Morgan fingerprint density at radius 3 is 2.80 bits per heavy atom. The van der Waals surface area contributed by atoms with Crippen molar-refractivity contribution >= 4 is 23.2 Å². The zero-order chi connectivity index (χ0) is 14.3. The van der Waals surface area contributed by atoms with Gasteiger partial charge in [-0.3, -0.25) is 4.40 Å². The normalized spacial score (nSPS) is 10.9. The smallest absolute Gasteiger partial charge is 0.352 e. The van der Waals surface area contributed by atoms with Gasteiger partial charge in [-0.1, -0.05) is 17.7 Å². The Kier molecular flexibility index (Phi) is 2.91. The van der Waals surface area contributed by atoms with Gasteiger partial charge in [0.1, 0.15) is 17.2 Å². The van der Waals surface area contributed by atoms with E-state index in [-0.39, 0.29) is 10.7 Å². The molecule has 0 unspecified atom stereocenters. The number of benzene rings is 1. The van der Waals surface area contributed by atoms with Crippen molar-refractivity contribution in [1.29, 1.82) is 0 Å². The second-order valence-electron chi connectivity index (χ2n) is 4.19. The Morgan fingerprint density at radius 1 is 1.30 bits per heavy atom. The number of aromatic nitrogens is 2. The number of aromatic carboxylic acids is 1. The summed E-state index contributed by atoms with van der Waals surface area (Å²) < 4.78 is 14.5. The van der Waals surface area contributed by atoms with Crippen LogP contribution >= 0.6 is 11.6 Å². The first-order chi connectivity index (χ1) is 9.56. The number of pyridine rings is 1. The second-order valence-corrected chi connectivity index (χ2v) is 4.60. The van der Waals surface area contributed by atoms with Crippen molar-refractivity contribution < 1.29 is 14.3 Å². The largest absolute Gasteiger partial charge is 0.477 e. The Hall–Kier alpha value is -2.40. The van der Waals surface area contributed by atoms with Gasteiger partial charge in [0, 0.05) is 11.8 Å². The molecule has 1 N–H and O–H groups in total. The van der Waals surface area contributed by atoms with Crippen LogP contribution in [0.15, 0.2) is 42.6 Å². The molecule has 0 spiro atoms. The summed E-state index contributed by atoms with van der Waals surface area (Å²) in [7, 11) is 0. The summed E-state index contributed by atoms with van der Waals surface area (Å²) >= 11 is 5.99. The average molecular weight is 291 g/mol. The van der Waals surface area contributed by atoms with E-state index in [1.54, 1.807) is 18.3 Å². The quantitative estimate of drug-likeness (QED) is 0.786. The lowest BCUT2D eigenvalue weighted by Gasteiger charge is -1.99. The maximum absolute atomic E-state index is 13.0. The third-order valence-electron chi connectivity index (χ3n) is 2.92. The predicted molar refractivity (Wildman–Crippen MR) is 72.6 cm³/mol. The molecule has 0 aliphatic carbocycles. The molecular weight excluding hydrogens is 283 g/mol. The molecule has 100 valence electrons. The van der Waals surface area contributed by atoms with E-state index in [4.69, 9.17) is 16.7 Å². The molecule has 0 bridgehead atoms. The topological polar surface area (TPSA) is 54.6 Å². The van der Waals surface area contributed by atoms with E-state index in [0.717, 1.165) is 0 Å². The number of hydrogen-bond acceptors (Lipinski definition) is 2. The number of hydrogen-bond donors (Lipinski definition) is 1. The fourth-order valence-corrected chi connectivity index (χ4v) is 2.28. The summed E-state index contributed by atoms with van der Waals surface area (Å²) in [4.78, 5) is 15.5. The standard InChI is InChI=1S/C14H8ClFN2O2/c15-10-6-8(16)4-5-9(10)11-7-18-12(14(19)20)2-1-3-13(18)17-11/h1-7H,(H,19,20). The molecule has 4 nitrogen and oxygen atoms in total. The van der Waals surface area contributed by atoms with E-state index in [2.05, 4.69) is 4.98 Å². The second kappa shape index (κ2) is 4.61. The van der Waals surface area contributed by atoms with Crippen LogP contribution < -0.4 is 0 Å². The maximum Gasteiger partial charge on any atom is 0.352 e. The number of carboxylic acid groups (broad SMARTS) is 1. The van der Waals surface area contributed by atoms with Gasteiger partial charge in [-0.2, -0.15) is 0 Å². The molecule has 0 fully saturated rings. The van der Waals surface area contributed by atoms with Gasteiger partial charge in [0.15, 0.2) is 0 Å². The lowest BCUT2D eigenvalue weighted by Crippen LogP contribution is -2.03. The average Bonchev–Trinajstić information content (AvgIpc) is 2.81. The maximum atomic E-state index is 13.0. The fraction of sp³-hybridized carbons (Fsp3) is 0. The highest BCUT2D eigenvalue weighted by Gasteiger charge is 2.13. The molecule has 0 atom stereocenters. The van der Waals surface area contributed by atoms with Crippen molar-refractivity contribution in [3.8, 4) is 11.3 Å². The summed E-state index contributed by atoms with van der Waals surface area (Å²) in [5.74, 6) is -1.49.